The Morgan fingerprint density at radius 1 is 1.43 bits per heavy atom. The van der Waals surface area contributed by atoms with Gasteiger partial charge in [-0.05, 0) is 11.6 Å². The molecule has 0 fully saturated rings. The van der Waals surface area contributed by atoms with Crippen LogP contribution in [0.15, 0.2) is 10.6 Å². The van der Waals surface area contributed by atoms with Crippen LogP contribution in [0.25, 0.3) is 11.5 Å². The van der Waals surface area contributed by atoms with Crippen LogP contribution in [0.3, 0.4) is 0 Å². The van der Waals surface area contributed by atoms with Crippen LogP contribution in [0.1, 0.15) is 5.89 Å². The molecule has 0 saturated heterocycles. The lowest BCUT2D eigenvalue weighted by atomic mass is 10.3. The van der Waals surface area contributed by atoms with Crippen LogP contribution in [0.5, 0.6) is 0 Å². The molecule has 2 N–H and O–H groups in total. The molecule has 0 amide bonds. The second-order valence-electron chi connectivity index (χ2n) is 2.56. The topological polar surface area (TPSA) is 90.7 Å². The number of nitrogens with two attached hydrogens (primary N) is 1. The lowest BCUT2D eigenvalue weighted by Gasteiger charge is -1.98. The second-order valence-corrected chi connectivity index (χ2v) is 2.90. The van der Waals surface area contributed by atoms with Crippen molar-refractivity contribution in [3.8, 4) is 11.5 Å². The third kappa shape index (κ3) is 1.51. The highest BCUT2D eigenvalue weighted by atomic mass is 35.5. The van der Waals surface area contributed by atoms with Crippen LogP contribution >= 0.6 is 11.6 Å². The van der Waals surface area contributed by atoms with Crippen LogP contribution in [0.4, 0.5) is 5.82 Å². The SMILES string of the molecule is Cc1nnc(-c2cnc(Cl)nc2N)o1. The van der Waals surface area contributed by atoms with Gasteiger partial charge in [0, 0.05) is 13.1 Å². The minimum Gasteiger partial charge on any atom is -0.421 e. The van der Waals surface area contributed by atoms with Crippen molar-refractivity contribution in [3.05, 3.63) is 17.4 Å². The summed E-state index contributed by atoms with van der Waals surface area (Å²) in [5.41, 5.74) is 6.08. The van der Waals surface area contributed by atoms with Gasteiger partial charge < -0.3 is 10.2 Å². The molecule has 6 nitrogen and oxygen atoms in total. The molecule has 2 aromatic heterocycles. The highest BCUT2D eigenvalue weighted by Gasteiger charge is 2.11. The number of hydrogen-bond acceptors (Lipinski definition) is 6. The average molecular weight is 212 g/mol. The van der Waals surface area contributed by atoms with Gasteiger partial charge in [0.2, 0.25) is 11.2 Å². The number of nitrogens with zero attached hydrogens (tertiary/aromatic N) is 4. The molecular formula is C7H6ClN5O. The average Bonchev–Trinajstić information content (AvgIpc) is 2.51. The molecule has 0 aromatic carbocycles. The summed E-state index contributed by atoms with van der Waals surface area (Å²) in [7, 11) is 0. The van der Waals surface area contributed by atoms with Crippen molar-refractivity contribution in [3.63, 3.8) is 0 Å². The molecule has 0 spiro atoms. The standard InChI is InChI=1S/C7H6ClN5O/c1-3-12-13-6(14-3)4-2-10-7(8)11-5(4)9/h2H,1H3,(H2,9,10,11). The van der Waals surface area contributed by atoms with Gasteiger partial charge in [-0.25, -0.2) is 9.97 Å². The molecule has 0 saturated carbocycles. The third-order valence-electron chi connectivity index (χ3n) is 1.55. The maximum Gasteiger partial charge on any atom is 0.253 e. The van der Waals surface area contributed by atoms with E-state index in [0.717, 1.165) is 0 Å². The highest BCUT2D eigenvalue weighted by molar-refractivity contribution is 6.28. The minimum atomic E-state index is 0.0856. The lowest BCUT2D eigenvalue weighted by molar-refractivity contribution is 0.532. The van der Waals surface area contributed by atoms with Crippen molar-refractivity contribution in [2.24, 2.45) is 0 Å². The third-order valence-corrected chi connectivity index (χ3v) is 1.73. The minimum absolute atomic E-state index is 0.0856. The molecule has 72 valence electrons. The molecule has 0 unspecified atom stereocenters. The maximum atomic E-state index is 5.60. The number of rotatable bonds is 1. The van der Waals surface area contributed by atoms with Crippen LogP contribution in [0.2, 0.25) is 5.28 Å². The van der Waals surface area contributed by atoms with E-state index >= 15 is 0 Å². The molecule has 14 heavy (non-hydrogen) atoms. The highest BCUT2D eigenvalue weighted by Crippen LogP contribution is 2.22. The fourth-order valence-electron chi connectivity index (χ4n) is 0.943. The Hall–Kier alpha value is -1.69. The fraction of sp³-hybridized carbons (Fsp3) is 0.143. The summed E-state index contributed by atoms with van der Waals surface area (Å²) < 4.78 is 5.16. The number of aryl methyl sites for hydroxylation is 1. The number of halogens is 1. The van der Waals surface area contributed by atoms with Gasteiger partial charge in [0.05, 0.1) is 5.56 Å². The summed E-state index contributed by atoms with van der Waals surface area (Å²) in [6.07, 6.45) is 1.44. The molecule has 2 rings (SSSR count). The van der Waals surface area contributed by atoms with Crippen LogP contribution < -0.4 is 5.73 Å². The van der Waals surface area contributed by atoms with E-state index in [1.165, 1.54) is 6.20 Å². The Morgan fingerprint density at radius 3 is 2.79 bits per heavy atom. The Bertz CT molecular complexity index is 469. The molecule has 0 aliphatic rings. The van der Waals surface area contributed by atoms with Gasteiger partial charge in [0.1, 0.15) is 5.82 Å². The first-order valence-electron chi connectivity index (χ1n) is 3.75. The molecule has 0 radical (unpaired) electrons. The summed E-state index contributed by atoms with van der Waals surface area (Å²) in [4.78, 5) is 7.54. The van der Waals surface area contributed by atoms with Gasteiger partial charge in [0.15, 0.2) is 0 Å². The van der Waals surface area contributed by atoms with Crippen molar-refractivity contribution in [1.29, 1.82) is 0 Å². The Morgan fingerprint density at radius 2 is 2.21 bits per heavy atom. The molecule has 0 atom stereocenters. The molecular weight excluding hydrogens is 206 g/mol. The van der Waals surface area contributed by atoms with Gasteiger partial charge in [-0.3, -0.25) is 0 Å². The van der Waals surface area contributed by atoms with Crippen molar-refractivity contribution in [2.45, 2.75) is 6.92 Å². The van der Waals surface area contributed by atoms with E-state index in [9.17, 15) is 0 Å². The summed E-state index contributed by atoms with van der Waals surface area (Å²) in [5.74, 6) is 0.958. The Labute approximate surface area is 84.1 Å². The van der Waals surface area contributed by atoms with Gasteiger partial charge in [-0.1, -0.05) is 0 Å². The first-order valence-corrected chi connectivity index (χ1v) is 4.13. The van der Waals surface area contributed by atoms with E-state index in [1.54, 1.807) is 6.92 Å². The smallest absolute Gasteiger partial charge is 0.253 e. The zero-order valence-corrected chi connectivity index (χ0v) is 7.99. The number of nitrogen functional groups attached to an aromatic ring is 1. The predicted molar refractivity (Wildman–Crippen MR) is 49.5 cm³/mol. The zero-order valence-electron chi connectivity index (χ0n) is 7.23. The van der Waals surface area contributed by atoms with Gasteiger partial charge in [0.25, 0.3) is 5.89 Å². The molecule has 2 heterocycles. The van der Waals surface area contributed by atoms with Crippen molar-refractivity contribution in [1.82, 2.24) is 20.2 Å². The number of anilines is 1. The van der Waals surface area contributed by atoms with Crippen LogP contribution in [-0.2, 0) is 0 Å². The molecule has 0 bridgehead atoms. The molecule has 0 aliphatic heterocycles. The van der Waals surface area contributed by atoms with Crippen molar-refractivity contribution < 1.29 is 4.42 Å². The van der Waals surface area contributed by atoms with Gasteiger partial charge >= 0.3 is 0 Å². The first-order chi connectivity index (χ1) is 6.66. The molecule has 0 aliphatic carbocycles. The number of aromatic nitrogens is 4. The van der Waals surface area contributed by atoms with Gasteiger partial charge in [-0.2, -0.15) is 0 Å². The first kappa shape index (κ1) is 8.89. The van der Waals surface area contributed by atoms with E-state index in [1.807, 2.05) is 0 Å². The normalized spacial score (nSPS) is 10.4. The van der Waals surface area contributed by atoms with E-state index in [2.05, 4.69) is 20.2 Å². The monoisotopic (exact) mass is 211 g/mol. The summed E-state index contributed by atoms with van der Waals surface area (Å²) in [6, 6.07) is 0. The largest absolute Gasteiger partial charge is 0.421 e. The lowest BCUT2D eigenvalue weighted by Crippen LogP contribution is -1.96. The summed E-state index contributed by atoms with van der Waals surface area (Å²) in [5, 5.41) is 7.54. The Balaban J connectivity index is 2.52. The second kappa shape index (κ2) is 3.22. The summed E-state index contributed by atoms with van der Waals surface area (Å²) >= 11 is 5.54. The van der Waals surface area contributed by atoms with E-state index in [4.69, 9.17) is 21.8 Å². The van der Waals surface area contributed by atoms with Crippen LogP contribution in [0, 0.1) is 6.92 Å². The molecule has 7 heteroatoms. The maximum absolute atomic E-state index is 5.60. The predicted octanol–water partition coefficient (Wildman–Crippen LogP) is 1.07. The van der Waals surface area contributed by atoms with E-state index in [-0.39, 0.29) is 17.0 Å². The van der Waals surface area contributed by atoms with Crippen molar-refractivity contribution in [2.75, 3.05) is 5.73 Å². The Kier molecular flexibility index (Phi) is 2.05. The summed E-state index contributed by atoms with van der Waals surface area (Å²) in [6.45, 7) is 1.68. The fourth-order valence-corrected chi connectivity index (χ4v) is 1.08. The van der Waals surface area contributed by atoms with E-state index < -0.39 is 0 Å². The molecule has 2 aromatic rings. The van der Waals surface area contributed by atoms with Crippen molar-refractivity contribution >= 4 is 17.4 Å². The van der Waals surface area contributed by atoms with E-state index in [0.29, 0.717) is 11.5 Å². The number of hydrogen-bond donors (Lipinski definition) is 1. The van der Waals surface area contributed by atoms with Crippen LogP contribution in [-0.4, -0.2) is 20.2 Å². The zero-order chi connectivity index (χ0) is 10.1. The quantitative estimate of drug-likeness (QED) is 0.710. The van der Waals surface area contributed by atoms with Gasteiger partial charge in [-0.15, -0.1) is 10.2 Å².